The second kappa shape index (κ2) is 7.27. The summed E-state index contributed by atoms with van der Waals surface area (Å²) in [4.78, 5) is 29.7. The number of aliphatic hydroxyl groups excluding tert-OH is 1. The van der Waals surface area contributed by atoms with Gasteiger partial charge in [-0.1, -0.05) is 30.3 Å². The number of amides is 2. The average molecular weight is 370 g/mol. The highest BCUT2D eigenvalue weighted by molar-refractivity contribution is 5.87. The Morgan fingerprint density at radius 3 is 2.33 bits per heavy atom. The monoisotopic (exact) mass is 370 g/mol. The van der Waals surface area contributed by atoms with Crippen LogP contribution in [0.5, 0.6) is 0 Å². The Balaban J connectivity index is 1.41. The molecule has 0 aromatic heterocycles. The highest BCUT2D eigenvalue weighted by atomic mass is 16.3. The molecule has 1 atom stereocenters. The Hall–Kier alpha value is -1.88. The number of hydrogen-bond acceptors (Lipinski definition) is 3. The van der Waals surface area contributed by atoms with Crippen molar-refractivity contribution in [1.82, 2.24) is 9.80 Å². The Morgan fingerprint density at radius 1 is 1.07 bits per heavy atom. The minimum Gasteiger partial charge on any atom is -0.393 e. The van der Waals surface area contributed by atoms with Gasteiger partial charge in [-0.3, -0.25) is 9.59 Å². The van der Waals surface area contributed by atoms with Crippen LogP contribution in [0.2, 0.25) is 0 Å². The predicted octanol–water partition coefficient (Wildman–Crippen LogP) is 2.54. The van der Waals surface area contributed by atoms with Crippen LogP contribution in [0.1, 0.15) is 56.4 Å². The van der Waals surface area contributed by atoms with E-state index in [0.717, 1.165) is 63.6 Å². The molecule has 0 bridgehead atoms. The number of piperidine rings is 1. The zero-order chi connectivity index (χ0) is 19.0. The molecule has 1 aromatic rings. The molecular formula is C22H30N2O3. The van der Waals surface area contributed by atoms with Crippen LogP contribution >= 0.6 is 0 Å². The highest BCUT2D eigenvalue weighted by Gasteiger charge is 2.51. The predicted molar refractivity (Wildman–Crippen MR) is 103 cm³/mol. The molecule has 4 rings (SSSR count). The molecular weight excluding hydrogens is 340 g/mol. The van der Waals surface area contributed by atoms with E-state index in [2.05, 4.69) is 0 Å². The maximum Gasteiger partial charge on any atom is 0.230 e. The Bertz CT molecular complexity index is 689. The SMILES string of the molecule is CN1C(=O)[C@H](c2ccccc2)CC12CCN(C(=O)C1CCC(O)CC1)CC2. The van der Waals surface area contributed by atoms with Gasteiger partial charge in [0, 0.05) is 31.6 Å². The van der Waals surface area contributed by atoms with E-state index in [0.29, 0.717) is 0 Å². The molecule has 1 N–H and O–H groups in total. The molecule has 2 heterocycles. The number of carbonyl (C=O) groups excluding carboxylic acids is 2. The zero-order valence-electron chi connectivity index (χ0n) is 16.1. The third-order valence-electron chi connectivity index (χ3n) is 7.18. The third kappa shape index (κ3) is 3.38. The van der Waals surface area contributed by atoms with Crippen LogP contribution in [-0.4, -0.2) is 58.5 Å². The van der Waals surface area contributed by atoms with E-state index >= 15 is 0 Å². The fraction of sp³-hybridized carbons (Fsp3) is 0.636. The first-order chi connectivity index (χ1) is 13.0. The molecule has 27 heavy (non-hydrogen) atoms. The summed E-state index contributed by atoms with van der Waals surface area (Å²) in [6, 6.07) is 10.1. The molecule has 1 aliphatic carbocycles. The molecule has 3 fully saturated rings. The number of likely N-dealkylation sites (N-methyl/N-ethyl adjacent to an activating group) is 1. The summed E-state index contributed by atoms with van der Waals surface area (Å²) in [5.74, 6) is 0.478. The molecule has 1 spiro atoms. The lowest BCUT2D eigenvalue weighted by Gasteiger charge is -2.44. The Labute approximate surface area is 161 Å². The summed E-state index contributed by atoms with van der Waals surface area (Å²) in [7, 11) is 1.94. The van der Waals surface area contributed by atoms with Crippen molar-refractivity contribution < 1.29 is 14.7 Å². The quantitative estimate of drug-likeness (QED) is 0.870. The van der Waals surface area contributed by atoms with E-state index in [1.807, 2.05) is 47.2 Å². The second-order valence-corrected chi connectivity index (χ2v) is 8.62. The smallest absolute Gasteiger partial charge is 0.230 e. The number of nitrogens with zero attached hydrogens (tertiary/aromatic N) is 2. The van der Waals surface area contributed by atoms with Crippen LogP contribution in [0.3, 0.4) is 0 Å². The first-order valence-corrected chi connectivity index (χ1v) is 10.3. The van der Waals surface area contributed by atoms with Crippen LogP contribution in [0.15, 0.2) is 30.3 Å². The first-order valence-electron chi connectivity index (χ1n) is 10.3. The van der Waals surface area contributed by atoms with E-state index in [1.165, 1.54) is 0 Å². The summed E-state index contributed by atoms with van der Waals surface area (Å²) >= 11 is 0. The van der Waals surface area contributed by atoms with Crippen molar-refractivity contribution in [1.29, 1.82) is 0 Å². The number of benzene rings is 1. The summed E-state index contributed by atoms with van der Waals surface area (Å²) in [5, 5.41) is 9.67. The molecule has 2 saturated heterocycles. The number of likely N-dealkylation sites (tertiary alicyclic amines) is 2. The normalized spacial score (nSPS) is 30.7. The lowest BCUT2D eigenvalue weighted by atomic mass is 9.80. The molecule has 2 aliphatic heterocycles. The zero-order valence-corrected chi connectivity index (χ0v) is 16.1. The van der Waals surface area contributed by atoms with E-state index < -0.39 is 0 Å². The van der Waals surface area contributed by atoms with Gasteiger partial charge in [0.15, 0.2) is 0 Å². The van der Waals surface area contributed by atoms with E-state index in [-0.39, 0.29) is 35.3 Å². The maximum absolute atomic E-state index is 12.9. The van der Waals surface area contributed by atoms with Gasteiger partial charge in [-0.15, -0.1) is 0 Å². The standard InChI is InChI=1S/C22H30N2O3/c1-23-21(27)19(16-5-3-2-4-6-16)15-22(23)11-13-24(14-12-22)20(26)17-7-9-18(25)10-8-17/h2-6,17-19,25H,7-15H2,1H3/t17?,18?,19-/m0/s1. The van der Waals surface area contributed by atoms with Gasteiger partial charge in [-0.25, -0.2) is 0 Å². The van der Waals surface area contributed by atoms with Crippen molar-refractivity contribution in [3.05, 3.63) is 35.9 Å². The minimum atomic E-state index is -0.230. The molecule has 3 aliphatic rings. The Kier molecular flexibility index (Phi) is 4.97. The van der Waals surface area contributed by atoms with Crippen LogP contribution in [-0.2, 0) is 9.59 Å². The lowest BCUT2D eigenvalue weighted by Crippen LogP contribution is -2.53. The van der Waals surface area contributed by atoms with Gasteiger partial charge in [0.25, 0.3) is 0 Å². The summed E-state index contributed by atoms with van der Waals surface area (Å²) in [6.45, 7) is 1.47. The summed E-state index contributed by atoms with van der Waals surface area (Å²) < 4.78 is 0. The lowest BCUT2D eigenvalue weighted by molar-refractivity contribution is -0.140. The molecule has 5 heteroatoms. The topological polar surface area (TPSA) is 60.9 Å². The molecule has 5 nitrogen and oxygen atoms in total. The highest BCUT2D eigenvalue weighted by Crippen LogP contribution is 2.45. The number of carbonyl (C=O) groups is 2. The summed E-state index contributed by atoms with van der Waals surface area (Å²) in [5.41, 5.74) is 0.988. The fourth-order valence-electron chi connectivity index (χ4n) is 5.28. The first kappa shape index (κ1) is 18.5. The van der Waals surface area contributed by atoms with Gasteiger partial charge in [0.1, 0.15) is 0 Å². The number of hydrogen-bond donors (Lipinski definition) is 1. The van der Waals surface area contributed by atoms with Crippen molar-refractivity contribution >= 4 is 11.8 Å². The fourth-order valence-corrected chi connectivity index (χ4v) is 5.28. The van der Waals surface area contributed by atoms with Crippen molar-refractivity contribution in [2.45, 2.75) is 62.5 Å². The van der Waals surface area contributed by atoms with Gasteiger partial charge in [0.05, 0.1) is 12.0 Å². The number of aliphatic hydroxyl groups is 1. The van der Waals surface area contributed by atoms with Gasteiger partial charge < -0.3 is 14.9 Å². The molecule has 146 valence electrons. The molecule has 1 saturated carbocycles. The van der Waals surface area contributed by atoms with E-state index in [4.69, 9.17) is 0 Å². The summed E-state index contributed by atoms with van der Waals surface area (Å²) in [6.07, 6.45) is 5.43. The molecule has 2 amide bonds. The largest absolute Gasteiger partial charge is 0.393 e. The molecule has 1 aromatic carbocycles. The van der Waals surface area contributed by atoms with Gasteiger partial charge >= 0.3 is 0 Å². The van der Waals surface area contributed by atoms with Crippen molar-refractivity contribution in [2.24, 2.45) is 5.92 Å². The van der Waals surface area contributed by atoms with Crippen LogP contribution < -0.4 is 0 Å². The second-order valence-electron chi connectivity index (χ2n) is 8.62. The maximum atomic E-state index is 12.9. The van der Waals surface area contributed by atoms with E-state index in [1.54, 1.807) is 0 Å². The molecule has 0 unspecified atom stereocenters. The van der Waals surface area contributed by atoms with Crippen LogP contribution in [0, 0.1) is 5.92 Å². The van der Waals surface area contributed by atoms with Crippen LogP contribution in [0.4, 0.5) is 0 Å². The average Bonchev–Trinajstić information content (AvgIpc) is 2.95. The minimum absolute atomic E-state index is 0.0571. The third-order valence-corrected chi connectivity index (χ3v) is 7.18. The van der Waals surface area contributed by atoms with E-state index in [9.17, 15) is 14.7 Å². The van der Waals surface area contributed by atoms with Crippen molar-refractivity contribution in [3.8, 4) is 0 Å². The van der Waals surface area contributed by atoms with Gasteiger partial charge in [-0.05, 0) is 50.5 Å². The van der Waals surface area contributed by atoms with Gasteiger partial charge in [-0.2, -0.15) is 0 Å². The molecule has 0 radical (unpaired) electrons. The van der Waals surface area contributed by atoms with Crippen molar-refractivity contribution in [3.63, 3.8) is 0 Å². The number of rotatable bonds is 2. The van der Waals surface area contributed by atoms with Gasteiger partial charge in [0.2, 0.25) is 11.8 Å². The van der Waals surface area contributed by atoms with Crippen LogP contribution in [0.25, 0.3) is 0 Å². The van der Waals surface area contributed by atoms with Crippen molar-refractivity contribution in [2.75, 3.05) is 20.1 Å². The Morgan fingerprint density at radius 2 is 1.70 bits per heavy atom.